The van der Waals surface area contributed by atoms with Gasteiger partial charge in [0, 0.05) is 17.8 Å². The summed E-state index contributed by atoms with van der Waals surface area (Å²) in [6, 6.07) is 0. The molecule has 1 aliphatic carbocycles. The smallest absolute Gasteiger partial charge is 0.0654 e. The Balaban J connectivity index is 3.22. The van der Waals surface area contributed by atoms with Gasteiger partial charge in [-0.1, -0.05) is 0 Å². The number of hydrogen-bond donors (Lipinski definition) is 2. The first kappa shape index (κ1) is 13.6. The molecule has 4 nitrogen and oxygen atoms in total. The second kappa shape index (κ2) is 4.84. The molecule has 4 heteroatoms. The van der Waals surface area contributed by atoms with Crippen molar-refractivity contribution in [1.29, 1.82) is 0 Å². The molecule has 1 rings (SSSR count). The number of nitrogens with zero attached hydrogens (tertiary/aromatic N) is 2. The van der Waals surface area contributed by atoms with Gasteiger partial charge in [-0.15, -0.1) is 0 Å². The molecule has 0 aromatic rings. The predicted molar refractivity (Wildman–Crippen MR) is 74.1 cm³/mol. The fraction of sp³-hybridized carbons (Fsp3) is 0.538. The van der Waals surface area contributed by atoms with Crippen molar-refractivity contribution in [2.45, 2.75) is 46.6 Å². The summed E-state index contributed by atoms with van der Waals surface area (Å²) >= 11 is 0. The topological polar surface area (TPSA) is 76.8 Å². The summed E-state index contributed by atoms with van der Waals surface area (Å²) in [5, 5.41) is 0. The van der Waals surface area contributed by atoms with E-state index in [2.05, 4.69) is 9.98 Å². The second-order valence-electron chi connectivity index (χ2n) is 5.14. The first-order valence-electron chi connectivity index (χ1n) is 5.76. The summed E-state index contributed by atoms with van der Waals surface area (Å²) in [5.74, 6) is 0. The summed E-state index contributed by atoms with van der Waals surface area (Å²) in [7, 11) is 0. The highest BCUT2D eigenvalue weighted by Gasteiger charge is 2.30. The predicted octanol–water partition coefficient (Wildman–Crippen LogP) is 2.12. The van der Waals surface area contributed by atoms with Gasteiger partial charge in [0.1, 0.15) is 0 Å². The van der Waals surface area contributed by atoms with Crippen LogP contribution in [0.25, 0.3) is 0 Å². The maximum Gasteiger partial charge on any atom is 0.0654 e. The van der Waals surface area contributed by atoms with Crippen molar-refractivity contribution in [3.05, 3.63) is 23.2 Å². The van der Waals surface area contributed by atoms with E-state index in [1.165, 1.54) is 0 Å². The molecular formula is C13H22N4. The summed E-state index contributed by atoms with van der Waals surface area (Å²) < 4.78 is 0. The van der Waals surface area contributed by atoms with Crippen molar-refractivity contribution in [2.75, 3.05) is 0 Å². The Kier molecular flexibility index (Phi) is 3.88. The SMILES string of the molecule is CC(C)=NC1=CC(N)=C(N=C(C)C)CC1(C)N. The van der Waals surface area contributed by atoms with E-state index in [1.807, 2.05) is 40.7 Å². The van der Waals surface area contributed by atoms with Crippen LogP contribution in [0.3, 0.4) is 0 Å². The molecule has 0 aromatic carbocycles. The normalized spacial score (nSPS) is 24.2. The highest BCUT2D eigenvalue weighted by Crippen LogP contribution is 2.30. The van der Waals surface area contributed by atoms with Gasteiger partial charge in [-0.2, -0.15) is 0 Å². The lowest BCUT2D eigenvalue weighted by Crippen LogP contribution is -2.40. The third-order valence-electron chi connectivity index (χ3n) is 2.45. The van der Waals surface area contributed by atoms with Crippen LogP contribution in [0.15, 0.2) is 33.2 Å². The Bertz CT molecular complexity index is 428. The van der Waals surface area contributed by atoms with Crippen molar-refractivity contribution >= 4 is 11.4 Å². The van der Waals surface area contributed by atoms with Gasteiger partial charge in [0.15, 0.2) is 0 Å². The third-order valence-corrected chi connectivity index (χ3v) is 2.45. The molecule has 1 aliphatic rings. The van der Waals surface area contributed by atoms with Gasteiger partial charge in [0.25, 0.3) is 0 Å². The molecule has 0 spiro atoms. The Morgan fingerprint density at radius 3 is 2.18 bits per heavy atom. The molecule has 0 saturated carbocycles. The van der Waals surface area contributed by atoms with E-state index in [0.717, 1.165) is 22.8 Å². The lowest BCUT2D eigenvalue weighted by atomic mass is 9.87. The van der Waals surface area contributed by atoms with Crippen LogP contribution < -0.4 is 11.5 Å². The van der Waals surface area contributed by atoms with Gasteiger partial charge in [-0.05, 0) is 40.7 Å². The van der Waals surface area contributed by atoms with Gasteiger partial charge in [-0.3, -0.25) is 9.98 Å². The maximum atomic E-state index is 6.26. The first-order chi connectivity index (χ1) is 7.72. The van der Waals surface area contributed by atoms with Gasteiger partial charge < -0.3 is 11.5 Å². The molecule has 0 aromatic heterocycles. The Morgan fingerprint density at radius 2 is 1.71 bits per heavy atom. The minimum atomic E-state index is -0.506. The zero-order valence-electron chi connectivity index (χ0n) is 11.3. The van der Waals surface area contributed by atoms with Crippen molar-refractivity contribution in [2.24, 2.45) is 21.5 Å². The molecule has 94 valence electrons. The highest BCUT2D eigenvalue weighted by molar-refractivity contribution is 5.81. The second-order valence-corrected chi connectivity index (χ2v) is 5.14. The van der Waals surface area contributed by atoms with Crippen LogP contribution in [0, 0.1) is 0 Å². The molecule has 0 saturated heterocycles. The van der Waals surface area contributed by atoms with Gasteiger partial charge >= 0.3 is 0 Å². The Morgan fingerprint density at radius 1 is 1.18 bits per heavy atom. The van der Waals surface area contributed by atoms with Gasteiger partial charge in [0.2, 0.25) is 0 Å². The summed E-state index contributed by atoms with van der Waals surface area (Å²) in [4.78, 5) is 8.87. The van der Waals surface area contributed by atoms with Crippen molar-refractivity contribution in [3.8, 4) is 0 Å². The molecule has 17 heavy (non-hydrogen) atoms. The van der Waals surface area contributed by atoms with Crippen molar-refractivity contribution in [1.82, 2.24) is 0 Å². The van der Waals surface area contributed by atoms with Crippen LogP contribution in [0.4, 0.5) is 0 Å². The van der Waals surface area contributed by atoms with E-state index in [0.29, 0.717) is 12.1 Å². The zero-order chi connectivity index (χ0) is 13.2. The largest absolute Gasteiger partial charge is 0.397 e. The first-order valence-corrected chi connectivity index (χ1v) is 5.76. The number of hydrogen-bond acceptors (Lipinski definition) is 4. The van der Waals surface area contributed by atoms with Crippen LogP contribution in [0.1, 0.15) is 41.0 Å². The molecule has 0 fully saturated rings. The average Bonchev–Trinajstić information content (AvgIpc) is 2.11. The summed E-state index contributed by atoms with van der Waals surface area (Å²) in [6.07, 6.45) is 2.45. The van der Waals surface area contributed by atoms with E-state index >= 15 is 0 Å². The number of allylic oxidation sites excluding steroid dienone is 1. The number of aliphatic imine (C=N–C) groups is 2. The number of rotatable bonds is 2. The molecule has 0 amide bonds. The minimum absolute atomic E-state index is 0.506. The fourth-order valence-corrected chi connectivity index (χ4v) is 1.71. The van der Waals surface area contributed by atoms with Crippen LogP contribution in [0.2, 0.25) is 0 Å². The monoisotopic (exact) mass is 234 g/mol. The molecule has 1 unspecified atom stereocenters. The minimum Gasteiger partial charge on any atom is -0.397 e. The highest BCUT2D eigenvalue weighted by atomic mass is 14.9. The van der Waals surface area contributed by atoms with E-state index in [1.54, 1.807) is 0 Å². The quantitative estimate of drug-likeness (QED) is 0.718. The molecule has 1 atom stereocenters. The molecule has 0 aliphatic heterocycles. The third kappa shape index (κ3) is 3.53. The van der Waals surface area contributed by atoms with Crippen LogP contribution >= 0.6 is 0 Å². The fourth-order valence-electron chi connectivity index (χ4n) is 1.71. The molecule has 0 bridgehead atoms. The van der Waals surface area contributed by atoms with E-state index in [9.17, 15) is 0 Å². The maximum absolute atomic E-state index is 6.26. The summed E-state index contributed by atoms with van der Waals surface area (Å²) in [6.45, 7) is 9.74. The Labute approximate surface area is 103 Å². The average molecular weight is 234 g/mol. The van der Waals surface area contributed by atoms with E-state index in [4.69, 9.17) is 11.5 Å². The summed E-state index contributed by atoms with van der Waals surface area (Å²) in [5.41, 5.74) is 16.0. The van der Waals surface area contributed by atoms with E-state index < -0.39 is 5.54 Å². The van der Waals surface area contributed by atoms with E-state index in [-0.39, 0.29) is 0 Å². The Hall–Kier alpha value is -1.42. The van der Waals surface area contributed by atoms with Crippen LogP contribution in [0.5, 0.6) is 0 Å². The lowest BCUT2D eigenvalue weighted by molar-refractivity contribution is 0.524. The van der Waals surface area contributed by atoms with Crippen LogP contribution in [-0.4, -0.2) is 17.0 Å². The lowest BCUT2D eigenvalue weighted by Gasteiger charge is -2.30. The van der Waals surface area contributed by atoms with Crippen LogP contribution in [-0.2, 0) is 0 Å². The number of nitrogens with two attached hydrogens (primary N) is 2. The molecular weight excluding hydrogens is 212 g/mol. The van der Waals surface area contributed by atoms with Crippen molar-refractivity contribution < 1.29 is 0 Å². The van der Waals surface area contributed by atoms with Crippen molar-refractivity contribution in [3.63, 3.8) is 0 Å². The molecule has 0 heterocycles. The molecule has 4 N–H and O–H groups in total. The standard InChI is InChI=1S/C13H22N4/c1-8(2)16-11-7-13(5,15)12(6-10(11)14)17-9(3)4/h6H,7,14-15H2,1-5H3. The molecule has 0 radical (unpaired) electrons. The van der Waals surface area contributed by atoms with Gasteiger partial charge in [-0.25, -0.2) is 0 Å². The zero-order valence-corrected chi connectivity index (χ0v) is 11.3. The van der Waals surface area contributed by atoms with Gasteiger partial charge in [0.05, 0.1) is 22.6 Å².